The molecule has 0 radical (unpaired) electrons. The van der Waals surface area contributed by atoms with Gasteiger partial charge in [-0.1, -0.05) is 23.7 Å². The van der Waals surface area contributed by atoms with Crippen molar-refractivity contribution in [2.75, 3.05) is 26.8 Å². The Labute approximate surface area is 153 Å². The van der Waals surface area contributed by atoms with Gasteiger partial charge in [-0.3, -0.25) is 4.79 Å². The molecule has 4 nitrogen and oxygen atoms in total. The van der Waals surface area contributed by atoms with Crippen LogP contribution in [0.25, 0.3) is 0 Å². The van der Waals surface area contributed by atoms with Gasteiger partial charge in [0, 0.05) is 24.0 Å². The number of hydrogen-bond acceptors (Lipinski definition) is 3. The van der Waals surface area contributed by atoms with Crippen LogP contribution in [-0.4, -0.2) is 37.6 Å². The summed E-state index contributed by atoms with van der Waals surface area (Å²) >= 11 is 6.00. The molecule has 3 rings (SSSR count). The summed E-state index contributed by atoms with van der Waals surface area (Å²) < 4.78 is 10.8. The summed E-state index contributed by atoms with van der Waals surface area (Å²) in [6.07, 6.45) is 0.970. The highest BCUT2D eigenvalue weighted by Crippen LogP contribution is 2.28. The van der Waals surface area contributed by atoms with Crippen molar-refractivity contribution >= 4 is 17.5 Å². The third-order valence-electron chi connectivity index (χ3n) is 4.62. The standard InChI is InChI=1S/C20H22ClNO3/c1-14-11-18(7-8-19(14)21)25-13-20(23)22-10-9-16(12-22)15-3-5-17(24-2)6-4-15/h3-8,11,16H,9-10,12-13H2,1-2H3. The van der Waals surface area contributed by atoms with E-state index in [1.54, 1.807) is 19.2 Å². The number of hydrogen-bond donors (Lipinski definition) is 0. The molecule has 1 amide bonds. The zero-order valence-corrected chi connectivity index (χ0v) is 15.3. The average Bonchev–Trinajstić information content (AvgIpc) is 3.13. The molecule has 1 heterocycles. The quantitative estimate of drug-likeness (QED) is 0.808. The molecule has 1 atom stereocenters. The molecule has 2 aromatic carbocycles. The number of methoxy groups -OCH3 is 1. The second-order valence-corrected chi connectivity index (χ2v) is 6.71. The Bertz CT molecular complexity index is 745. The first-order valence-corrected chi connectivity index (χ1v) is 8.75. The molecule has 0 spiro atoms. The van der Waals surface area contributed by atoms with Crippen molar-refractivity contribution in [1.29, 1.82) is 0 Å². The summed E-state index contributed by atoms with van der Waals surface area (Å²) in [6.45, 7) is 3.46. The summed E-state index contributed by atoms with van der Waals surface area (Å²) in [5.41, 5.74) is 2.18. The number of carbonyl (C=O) groups excluding carboxylic acids is 1. The monoisotopic (exact) mass is 359 g/mol. The SMILES string of the molecule is COc1ccc(C2CCN(C(=O)COc3ccc(Cl)c(C)c3)C2)cc1. The van der Waals surface area contributed by atoms with E-state index in [0.29, 0.717) is 16.7 Å². The highest BCUT2D eigenvalue weighted by molar-refractivity contribution is 6.31. The van der Waals surface area contributed by atoms with Crippen molar-refractivity contribution in [3.8, 4) is 11.5 Å². The Morgan fingerprint density at radius 3 is 2.60 bits per heavy atom. The molecule has 132 valence electrons. The van der Waals surface area contributed by atoms with Crippen LogP contribution in [0, 0.1) is 6.92 Å². The molecular weight excluding hydrogens is 338 g/mol. The number of carbonyl (C=O) groups is 1. The van der Waals surface area contributed by atoms with Crippen molar-refractivity contribution in [3.05, 3.63) is 58.6 Å². The van der Waals surface area contributed by atoms with Crippen LogP contribution in [-0.2, 0) is 4.79 Å². The minimum absolute atomic E-state index is 0.0172. The molecule has 2 aromatic rings. The lowest BCUT2D eigenvalue weighted by molar-refractivity contribution is -0.132. The van der Waals surface area contributed by atoms with E-state index in [1.807, 2.05) is 30.0 Å². The molecule has 1 fully saturated rings. The Morgan fingerprint density at radius 1 is 1.20 bits per heavy atom. The van der Waals surface area contributed by atoms with Crippen molar-refractivity contribution in [2.24, 2.45) is 0 Å². The summed E-state index contributed by atoms with van der Waals surface area (Å²) in [7, 11) is 1.66. The van der Waals surface area contributed by atoms with Crippen molar-refractivity contribution < 1.29 is 14.3 Å². The van der Waals surface area contributed by atoms with Gasteiger partial charge in [-0.15, -0.1) is 0 Å². The predicted octanol–water partition coefficient (Wildman–Crippen LogP) is 4.05. The number of likely N-dealkylation sites (tertiary alicyclic amines) is 1. The maximum absolute atomic E-state index is 12.4. The zero-order chi connectivity index (χ0) is 17.8. The maximum Gasteiger partial charge on any atom is 0.260 e. The van der Waals surface area contributed by atoms with E-state index in [2.05, 4.69) is 12.1 Å². The molecule has 25 heavy (non-hydrogen) atoms. The van der Waals surface area contributed by atoms with E-state index < -0.39 is 0 Å². The smallest absolute Gasteiger partial charge is 0.260 e. The zero-order valence-electron chi connectivity index (χ0n) is 14.5. The first-order valence-electron chi connectivity index (χ1n) is 8.37. The summed E-state index contributed by atoms with van der Waals surface area (Å²) in [6, 6.07) is 13.5. The van der Waals surface area contributed by atoms with Crippen LogP contribution in [0.15, 0.2) is 42.5 Å². The highest BCUT2D eigenvalue weighted by atomic mass is 35.5. The first kappa shape index (κ1) is 17.6. The maximum atomic E-state index is 12.4. The van der Waals surface area contributed by atoms with Gasteiger partial charge < -0.3 is 14.4 Å². The fourth-order valence-electron chi connectivity index (χ4n) is 3.08. The van der Waals surface area contributed by atoms with E-state index in [-0.39, 0.29) is 12.5 Å². The van der Waals surface area contributed by atoms with Crippen LogP contribution in [0.2, 0.25) is 5.02 Å². The lowest BCUT2D eigenvalue weighted by Gasteiger charge is -2.17. The van der Waals surface area contributed by atoms with Crippen molar-refractivity contribution in [2.45, 2.75) is 19.3 Å². The summed E-state index contributed by atoms with van der Waals surface area (Å²) in [5, 5.41) is 0.695. The normalized spacial score (nSPS) is 16.8. The summed E-state index contributed by atoms with van der Waals surface area (Å²) in [5.74, 6) is 1.90. The van der Waals surface area contributed by atoms with E-state index in [9.17, 15) is 4.79 Å². The van der Waals surface area contributed by atoms with E-state index in [1.165, 1.54) is 5.56 Å². The Morgan fingerprint density at radius 2 is 1.92 bits per heavy atom. The lowest BCUT2D eigenvalue weighted by Crippen LogP contribution is -2.32. The number of ether oxygens (including phenoxy) is 2. The molecule has 0 saturated carbocycles. The Balaban J connectivity index is 1.54. The largest absolute Gasteiger partial charge is 0.497 e. The Hall–Kier alpha value is -2.20. The van der Waals surface area contributed by atoms with Gasteiger partial charge in [-0.25, -0.2) is 0 Å². The third kappa shape index (κ3) is 4.26. The van der Waals surface area contributed by atoms with Gasteiger partial charge in [0.1, 0.15) is 11.5 Å². The van der Waals surface area contributed by atoms with Crippen LogP contribution in [0.4, 0.5) is 0 Å². The highest BCUT2D eigenvalue weighted by Gasteiger charge is 2.27. The van der Waals surface area contributed by atoms with Crippen molar-refractivity contribution in [1.82, 2.24) is 4.90 Å². The fourth-order valence-corrected chi connectivity index (χ4v) is 3.20. The molecule has 1 aliphatic rings. The van der Waals surface area contributed by atoms with Gasteiger partial charge in [-0.05, 0) is 54.8 Å². The number of nitrogens with zero attached hydrogens (tertiary/aromatic N) is 1. The van der Waals surface area contributed by atoms with E-state index in [4.69, 9.17) is 21.1 Å². The topological polar surface area (TPSA) is 38.8 Å². The minimum Gasteiger partial charge on any atom is -0.497 e. The predicted molar refractivity (Wildman–Crippen MR) is 98.6 cm³/mol. The van der Waals surface area contributed by atoms with Crippen molar-refractivity contribution in [3.63, 3.8) is 0 Å². The fraction of sp³-hybridized carbons (Fsp3) is 0.350. The van der Waals surface area contributed by atoms with Gasteiger partial charge >= 0.3 is 0 Å². The van der Waals surface area contributed by atoms with Crippen LogP contribution in [0.3, 0.4) is 0 Å². The third-order valence-corrected chi connectivity index (χ3v) is 5.04. The van der Waals surface area contributed by atoms with Gasteiger partial charge in [0.25, 0.3) is 5.91 Å². The number of benzene rings is 2. The van der Waals surface area contributed by atoms with Gasteiger partial charge in [0.15, 0.2) is 6.61 Å². The second-order valence-electron chi connectivity index (χ2n) is 6.30. The molecule has 1 unspecified atom stereocenters. The van der Waals surface area contributed by atoms with Gasteiger partial charge in [0.2, 0.25) is 0 Å². The van der Waals surface area contributed by atoms with E-state index in [0.717, 1.165) is 30.8 Å². The van der Waals surface area contributed by atoms with Crippen LogP contribution in [0.1, 0.15) is 23.5 Å². The minimum atomic E-state index is 0.0172. The lowest BCUT2D eigenvalue weighted by atomic mass is 9.98. The number of aryl methyl sites for hydroxylation is 1. The van der Waals surface area contributed by atoms with Gasteiger partial charge in [-0.2, -0.15) is 0 Å². The summed E-state index contributed by atoms with van der Waals surface area (Å²) in [4.78, 5) is 14.3. The molecule has 1 saturated heterocycles. The van der Waals surface area contributed by atoms with Crippen LogP contribution < -0.4 is 9.47 Å². The van der Waals surface area contributed by atoms with Crippen LogP contribution >= 0.6 is 11.6 Å². The molecule has 5 heteroatoms. The number of rotatable bonds is 5. The van der Waals surface area contributed by atoms with Crippen LogP contribution in [0.5, 0.6) is 11.5 Å². The van der Waals surface area contributed by atoms with E-state index >= 15 is 0 Å². The molecule has 1 aliphatic heterocycles. The molecule has 0 aliphatic carbocycles. The van der Waals surface area contributed by atoms with Gasteiger partial charge in [0.05, 0.1) is 7.11 Å². The second kappa shape index (κ2) is 7.79. The molecule has 0 N–H and O–H groups in total. The Kier molecular flexibility index (Phi) is 5.49. The molecule has 0 bridgehead atoms. The first-order chi connectivity index (χ1) is 12.1. The molecule has 0 aromatic heterocycles. The molecular formula is C20H22ClNO3. The number of halogens is 1. The number of amides is 1. The average molecular weight is 360 g/mol.